The second-order valence-electron chi connectivity index (χ2n) is 4.65. The second kappa shape index (κ2) is 5.59. The summed E-state index contributed by atoms with van der Waals surface area (Å²) in [5, 5.41) is 3.46. The van der Waals surface area contributed by atoms with Crippen molar-refractivity contribution in [3.8, 4) is 0 Å². The van der Waals surface area contributed by atoms with Crippen LogP contribution in [0.2, 0.25) is 0 Å². The molecule has 0 amide bonds. The summed E-state index contributed by atoms with van der Waals surface area (Å²) in [6, 6.07) is 14.6. The number of thioether (sulfide) groups is 1. The van der Waals surface area contributed by atoms with E-state index in [1.165, 1.54) is 10.6 Å². The Hall–Kier alpha value is -1.94. The number of benzene rings is 1. The molecule has 2 heterocycles. The predicted octanol–water partition coefficient (Wildman–Crippen LogP) is 3.98. The van der Waals surface area contributed by atoms with Gasteiger partial charge < -0.3 is 9.72 Å². The van der Waals surface area contributed by atoms with Crippen LogP contribution in [0.15, 0.2) is 53.6 Å². The number of hydrogen-bond donors (Lipinski definition) is 1. The van der Waals surface area contributed by atoms with E-state index in [1.807, 2.05) is 18.2 Å². The highest BCUT2D eigenvalue weighted by molar-refractivity contribution is 7.98. The number of imidazole rings is 1. The molecule has 0 saturated heterocycles. The Morgan fingerprint density at radius 3 is 2.70 bits per heavy atom. The number of nitrogens with zero attached hydrogens (tertiary/aromatic N) is 2. The summed E-state index contributed by atoms with van der Waals surface area (Å²) in [5.74, 6) is 0. The topological polar surface area (TPSA) is 29.3 Å². The van der Waals surface area contributed by atoms with Gasteiger partial charge in [0, 0.05) is 16.8 Å². The first kappa shape index (κ1) is 13.1. The van der Waals surface area contributed by atoms with Crippen LogP contribution in [0.3, 0.4) is 0 Å². The highest BCUT2D eigenvalue weighted by Crippen LogP contribution is 2.19. The largest absolute Gasteiger partial charge is 0.379 e. The van der Waals surface area contributed by atoms with Crippen molar-refractivity contribution >= 4 is 23.1 Å². The van der Waals surface area contributed by atoms with Gasteiger partial charge in [0.2, 0.25) is 0 Å². The van der Waals surface area contributed by atoms with E-state index in [2.05, 4.69) is 58.3 Å². The summed E-state index contributed by atoms with van der Waals surface area (Å²) < 4.78 is 2.14. The van der Waals surface area contributed by atoms with Gasteiger partial charge in [0.15, 0.2) is 0 Å². The molecule has 4 heteroatoms. The fourth-order valence-corrected chi connectivity index (χ4v) is 2.68. The van der Waals surface area contributed by atoms with Gasteiger partial charge in [-0.05, 0) is 49.6 Å². The minimum atomic E-state index is 0.773. The monoisotopic (exact) mass is 283 g/mol. The molecule has 0 aliphatic rings. The number of aryl methyl sites for hydroxylation is 1. The molecule has 3 nitrogen and oxygen atoms in total. The Morgan fingerprint density at radius 1 is 1.15 bits per heavy atom. The standard InChI is InChI=1S/C16H17N3S/c1-12-15(19-10-4-3-5-16(19)18-12)11-17-13-6-8-14(20-2)9-7-13/h3-10,17H,11H2,1-2H3. The molecule has 0 saturated carbocycles. The first-order valence-electron chi connectivity index (χ1n) is 6.58. The van der Waals surface area contributed by atoms with Crippen molar-refractivity contribution in [3.05, 3.63) is 60.0 Å². The van der Waals surface area contributed by atoms with E-state index in [1.54, 1.807) is 11.8 Å². The maximum absolute atomic E-state index is 4.57. The molecule has 2 aromatic heterocycles. The van der Waals surface area contributed by atoms with Crippen molar-refractivity contribution in [1.29, 1.82) is 0 Å². The van der Waals surface area contributed by atoms with Gasteiger partial charge in [-0.3, -0.25) is 0 Å². The number of anilines is 1. The molecular weight excluding hydrogens is 266 g/mol. The van der Waals surface area contributed by atoms with Crippen LogP contribution in [-0.2, 0) is 6.54 Å². The van der Waals surface area contributed by atoms with E-state index < -0.39 is 0 Å². The van der Waals surface area contributed by atoms with Crippen molar-refractivity contribution in [1.82, 2.24) is 9.38 Å². The van der Waals surface area contributed by atoms with E-state index in [0.29, 0.717) is 0 Å². The number of fused-ring (bicyclic) bond motifs is 1. The first-order chi connectivity index (χ1) is 9.78. The third-order valence-electron chi connectivity index (χ3n) is 3.38. The third kappa shape index (κ3) is 2.51. The average Bonchev–Trinajstić information content (AvgIpc) is 2.81. The maximum atomic E-state index is 4.57. The molecule has 0 spiro atoms. The lowest BCUT2D eigenvalue weighted by Crippen LogP contribution is -2.03. The number of pyridine rings is 1. The quantitative estimate of drug-likeness (QED) is 0.734. The lowest BCUT2D eigenvalue weighted by atomic mass is 10.3. The zero-order valence-electron chi connectivity index (χ0n) is 11.6. The molecule has 0 unspecified atom stereocenters. The summed E-state index contributed by atoms with van der Waals surface area (Å²) in [7, 11) is 0. The number of rotatable bonds is 4. The highest BCUT2D eigenvalue weighted by Gasteiger charge is 2.07. The molecule has 3 aromatic rings. The fraction of sp³-hybridized carbons (Fsp3) is 0.188. The number of nitrogens with one attached hydrogen (secondary N) is 1. The van der Waals surface area contributed by atoms with Gasteiger partial charge in [-0.2, -0.15) is 0 Å². The van der Waals surface area contributed by atoms with Crippen molar-refractivity contribution in [2.24, 2.45) is 0 Å². The SMILES string of the molecule is CSc1ccc(NCc2c(C)nc3ccccn23)cc1. The van der Waals surface area contributed by atoms with Crippen LogP contribution in [0.4, 0.5) is 5.69 Å². The van der Waals surface area contributed by atoms with Gasteiger partial charge >= 0.3 is 0 Å². The van der Waals surface area contributed by atoms with Crippen LogP contribution in [0.1, 0.15) is 11.4 Å². The summed E-state index contributed by atoms with van der Waals surface area (Å²) in [6.45, 7) is 2.83. The molecule has 0 bridgehead atoms. The predicted molar refractivity (Wildman–Crippen MR) is 85.5 cm³/mol. The molecule has 3 rings (SSSR count). The van der Waals surface area contributed by atoms with Crippen LogP contribution in [0, 0.1) is 6.92 Å². The molecule has 0 fully saturated rings. The van der Waals surface area contributed by atoms with Crippen LogP contribution in [0.25, 0.3) is 5.65 Å². The van der Waals surface area contributed by atoms with Crippen LogP contribution >= 0.6 is 11.8 Å². The normalized spacial score (nSPS) is 10.9. The third-order valence-corrected chi connectivity index (χ3v) is 4.12. The molecule has 1 N–H and O–H groups in total. The Kier molecular flexibility index (Phi) is 3.65. The van der Waals surface area contributed by atoms with Gasteiger partial charge in [0.05, 0.1) is 17.9 Å². The summed E-state index contributed by atoms with van der Waals surface area (Å²) in [5.41, 5.74) is 4.41. The van der Waals surface area contributed by atoms with E-state index in [-0.39, 0.29) is 0 Å². The zero-order valence-corrected chi connectivity index (χ0v) is 12.4. The fourth-order valence-electron chi connectivity index (χ4n) is 2.27. The van der Waals surface area contributed by atoms with Crippen LogP contribution in [-0.4, -0.2) is 15.6 Å². The minimum absolute atomic E-state index is 0.773. The van der Waals surface area contributed by atoms with Crippen molar-refractivity contribution in [3.63, 3.8) is 0 Å². The zero-order chi connectivity index (χ0) is 13.9. The molecule has 0 aliphatic heterocycles. The van der Waals surface area contributed by atoms with E-state index in [0.717, 1.165) is 23.6 Å². The Balaban J connectivity index is 1.80. The highest BCUT2D eigenvalue weighted by atomic mass is 32.2. The average molecular weight is 283 g/mol. The molecule has 0 radical (unpaired) electrons. The minimum Gasteiger partial charge on any atom is -0.379 e. The van der Waals surface area contributed by atoms with E-state index in [9.17, 15) is 0 Å². The second-order valence-corrected chi connectivity index (χ2v) is 5.53. The molecular formula is C16H17N3S. The molecule has 0 aliphatic carbocycles. The van der Waals surface area contributed by atoms with Gasteiger partial charge in [0.1, 0.15) is 5.65 Å². The number of hydrogen-bond acceptors (Lipinski definition) is 3. The van der Waals surface area contributed by atoms with Crippen molar-refractivity contribution < 1.29 is 0 Å². The van der Waals surface area contributed by atoms with E-state index in [4.69, 9.17) is 0 Å². The van der Waals surface area contributed by atoms with Gasteiger partial charge in [0.25, 0.3) is 0 Å². The van der Waals surface area contributed by atoms with Crippen molar-refractivity contribution in [2.45, 2.75) is 18.4 Å². The molecule has 102 valence electrons. The summed E-state index contributed by atoms with van der Waals surface area (Å²) >= 11 is 1.76. The lowest BCUT2D eigenvalue weighted by Gasteiger charge is -2.08. The summed E-state index contributed by atoms with van der Waals surface area (Å²) in [4.78, 5) is 5.85. The Labute approximate surface area is 123 Å². The Bertz CT molecular complexity index is 716. The summed E-state index contributed by atoms with van der Waals surface area (Å²) in [6.07, 6.45) is 4.15. The van der Waals surface area contributed by atoms with E-state index >= 15 is 0 Å². The van der Waals surface area contributed by atoms with Gasteiger partial charge in [-0.1, -0.05) is 6.07 Å². The lowest BCUT2D eigenvalue weighted by molar-refractivity contribution is 0.986. The van der Waals surface area contributed by atoms with Gasteiger partial charge in [-0.25, -0.2) is 4.98 Å². The maximum Gasteiger partial charge on any atom is 0.137 e. The molecule has 1 aromatic carbocycles. The van der Waals surface area contributed by atoms with Crippen LogP contribution in [0.5, 0.6) is 0 Å². The number of aromatic nitrogens is 2. The smallest absolute Gasteiger partial charge is 0.137 e. The molecule has 0 atom stereocenters. The Morgan fingerprint density at radius 2 is 1.95 bits per heavy atom. The van der Waals surface area contributed by atoms with Gasteiger partial charge in [-0.15, -0.1) is 11.8 Å². The molecule has 20 heavy (non-hydrogen) atoms. The first-order valence-corrected chi connectivity index (χ1v) is 7.81. The van der Waals surface area contributed by atoms with Crippen molar-refractivity contribution in [2.75, 3.05) is 11.6 Å². The van der Waals surface area contributed by atoms with Crippen LogP contribution < -0.4 is 5.32 Å².